The van der Waals surface area contributed by atoms with Crippen molar-refractivity contribution in [1.82, 2.24) is 0 Å². The molecule has 0 heterocycles. The molecular weight excluding hydrogens is 312 g/mol. The van der Waals surface area contributed by atoms with Crippen molar-refractivity contribution in [3.8, 4) is 0 Å². The summed E-state index contributed by atoms with van der Waals surface area (Å²) in [5, 5.41) is 0. The number of benzene rings is 1. The Morgan fingerprint density at radius 3 is 1.47 bits per heavy atom. The first-order valence-electron chi connectivity index (χ1n) is 4.95. The summed E-state index contributed by atoms with van der Waals surface area (Å²) in [6.45, 7) is 1.72. The zero-order chi connectivity index (χ0) is 15.1. The van der Waals surface area contributed by atoms with Crippen molar-refractivity contribution in [2.24, 2.45) is 0 Å². The largest absolute Gasteiger partial charge is 0.260 e. The maximum absolute atomic E-state index is 12.1. The highest BCUT2D eigenvalue weighted by atomic mass is 32.3. The van der Waals surface area contributed by atoms with Gasteiger partial charge in [-0.1, -0.05) is 17.7 Å². The van der Waals surface area contributed by atoms with E-state index in [0.717, 1.165) is 5.56 Å². The molecule has 0 aliphatic heterocycles. The molecule has 1 aromatic rings. The molecule has 0 radical (unpaired) electrons. The molecule has 0 aliphatic carbocycles. The van der Waals surface area contributed by atoms with Gasteiger partial charge in [0.2, 0.25) is 0 Å². The average Bonchev–Trinajstić information content (AvgIpc) is 2.12. The third-order valence-corrected chi connectivity index (χ3v) is 9.65. The zero-order valence-corrected chi connectivity index (χ0v) is 12.9. The summed E-state index contributed by atoms with van der Waals surface area (Å²) in [6, 6.07) is 5.24. The lowest BCUT2D eigenvalue weighted by atomic mass is 10.2. The third-order valence-electron chi connectivity index (χ3n) is 2.16. The van der Waals surface area contributed by atoms with Gasteiger partial charge >= 0.3 is 0 Å². The first-order chi connectivity index (χ1) is 8.37. The lowest BCUT2D eigenvalue weighted by Gasteiger charge is -2.26. The topological polar surface area (TPSA) is 102 Å². The summed E-state index contributed by atoms with van der Waals surface area (Å²) in [6.07, 6.45) is 1.10. The Balaban J connectivity index is 3.60. The second-order valence-corrected chi connectivity index (χ2v) is 10.7. The lowest BCUT2D eigenvalue weighted by molar-refractivity contribution is 0.587. The molecule has 0 bridgehead atoms. The number of rotatable bonds is 4. The fourth-order valence-electron chi connectivity index (χ4n) is 1.49. The summed E-state index contributed by atoms with van der Waals surface area (Å²) in [5.74, 6) is 0. The Hall–Kier alpha value is -0.930. The fourth-order valence-corrected chi connectivity index (χ4v) is 8.14. The van der Waals surface area contributed by atoms with Gasteiger partial charge < -0.3 is 0 Å². The molecule has 0 N–H and O–H groups in total. The van der Waals surface area contributed by atoms with E-state index in [0.29, 0.717) is 12.5 Å². The Bertz CT molecular complexity index is 738. The normalized spacial score (nSPS) is 13.7. The first kappa shape index (κ1) is 16.1. The van der Waals surface area contributed by atoms with Gasteiger partial charge in [0.05, 0.1) is 29.5 Å². The van der Waals surface area contributed by atoms with Crippen molar-refractivity contribution in [2.75, 3.05) is 12.5 Å². The van der Waals surface area contributed by atoms with E-state index in [1.807, 2.05) is 0 Å². The van der Waals surface area contributed by atoms with E-state index in [4.69, 9.17) is 0 Å². The van der Waals surface area contributed by atoms with Crippen LogP contribution in [-0.2, 0) is 29.5 Å². The van der Waals surface area contributed by atoms with E-state index in [-0.39, 0.29) is 4.90 Å². The standard InChI is InChI=1S/C10H13O6S3/c1-8-4-6-9(7-5-8)19(15,16)10(17(2,11)12)18(3,13)14/h4-7H,1-3H3/q-1. The predicted octanol–water partition coefficient (Wildman–Crippen LogP) is 0.305. The Morgan fingerprint density at radius 1 is 0.789 bits per heavy atom. The van der Waals surface area contributed by atoms with Gasteiger partial charge in [0.15, 0.2) is 0 Å². The second-order valence-electron chi connectivity index (χ2n) is 4.11. The Labute approximate surface area is 113 Å². The van der Waals surface area contributed by atoms with Crippen LogP contribution in [0.1, 0.15) is 5.56 Å². The van der Waals surface area contributed by atoms with E-state index >= 15 is 0 Å². The van der Waals surface area contributed by atoms with Crippen molar-refractivity contribution in [3.05, 3.63) is 33.7 Å². The van der Waals surface area contributed by atoms with Crippen LogP contribution >= 0.6 is 0 Å². The van der Waals surface area contributed by atoms with Gasteiger partial charge in [0.1, 0.15) is 0 Å². The molecule has 1 rings (SSSR count). The van der Waals surface area contributed by atoms with E-state index in [1.54, 1.807) is 6.92 Å². The highest BCUT2D eigenvalue weighted by Crippen LogP contribution is 2.30. The molecule has 9 heteroatoms. The fraction of sp³-hybridized carbons (Fsp3) is 0.300. The monoisotopic (exact) mass is 325 g/mol. The molecular formula is C10H13O6S3-. The smallest absolute Gasteiger partial charge is 0.0824 e. The number of hydrogen-bond acceptors (Lipinski definition) is 6. The maximum atomic E-state index is 12.1. The molecule has 0 fully saturated rings. The first-order valence-corrected chi connectivity index (χ1v) is 10.2. The molecule has 0 amide bonds. The van der Waals surface area contributed by atoms with Crippen molar-refractivity contribution in [1.29, 1.82) is 0 Å². The highest BCUT2D eigenvalue weighted by Gasteiger charge is 2.31. The number of sulfone groups is 3. The Morgan fingerprint density at radius 2 is 1.16 bits per heavy atom. The maximum Gasteiger partial charge on any atom is 0.0824 e. The van der Waals surface area contributed by atoms with Crippen LogP contribution in [0.2, 0.25) is 0 Å². The summed E-state index contributed by atoms with van der Waals surface area (Å²) in [4.78, 5) is -0.371. The van der Waals surface area contributed by atoms with Crippen LogP contribution in [0, 0.1) is 10.8 Å². The van der Waals surface area contributed by atoms with Crippen LogP contribution < -0.4 is 0 Å². The van der Waals surface area contributed by atoms with Gasteiger partial charge in [0, 0.05) is 21.3 Å². The van der Waals surface area contributed by atoms with Crippen LogP contribution in [0.15, 0.2) is 29.2 Å². The molecule has 0 aliphatic rings. The molecule has 19 heavy (non-hydrogen) atoms. The Kier molecular flexibility index (Phi) is 4.14. The zero-order valence-electron chi connectivity index (χ0n) is 10.5. The second kappa shape index (κ2) is 4.88. The highest BCUT2D eigenvalue weighted by molar-refractivity contribution is 8.28. The quantitative estimate of drug-likeness (QED) is 0.738. The van der Waals surface area contributed by atoms with Crippen LogP contribution in [-0.4, -0.2) is 37.8 Å². The van der Waals surface area contributed by atoms with E-state index < -0.39 is 33.4 Å². The SMILES string of the molecule is Cc1ccc(S(=O)(=O)[C-](S(C)(=O)=O)S(C)(=O)=O)cc1. The molecule has 0 atom stereocenters. The van der Waals surface area contributed by atoms with Gasteiger partial charge in [-0.2, -0.15) is 0 Å². The summed E-state index contributed by atoms with van der Waals surface area (Å²) >= 11 is 0. The third kappa shape index (κ3) is 3.54. The van der Waals surface area contributed by atoms with Crippen LogP contribution in [0.25, 0.3) is 0 Å². The summed E-state index contributed by atoms with van der Waals surface area (Å²) < 4.78 is 68.7. The molecule has 0 aromatic heterocycles. The summed E-state index contributed by atoms with van der Waals surface area (Å²) in [5.41, 5.74) is 0.763. The van der Waals surface area contributed by atoms with Crippen LogP contribution in [0.5, 0.6) is 0 Å². The molecule has 1 aromatic carbocycles. The van der Waals surface area contributed by atoms with Crippen LogP contribution in [0.3, 0.4) is 0 Å². The van der Waals surface area contributed by atoms with Gasteiger partial charge in [-0.05, 0) is 19.1 Å². The van der Waals surface area contributed by atoms with E-state index in [1.165, 1.54) is 24.3 Å². The minimum atomic E-state index is -4.59. The minimum absolute atomic E-state index is 0.371. The lowest BCUT2D eigenvalue weighted by Crippen LogP contribution is -2.28. The van der Waals surface area contributed by atoms with Gasteiger partial charge in [-0.15, -0.1) is 0 Å². The van der Waals surface area contributed by atoms with E-state index in [9.17, 15) is 25.3 Å². The predicted molar refractivity (Wildman–Crippen MR) is 71.3 cm³/mol. The molecule has 0 saturated heterocycles. The van der Waals surface area contributed by atoms with Crippen molar-refractivity contribution in [2.45, 2.75) is 11.8 Å². The molecule has 0 unspecified atom stereocenters. The van der Waals surface area contributed by atoms with E-state index in [2.05, 4.69) is 0 Å². The van der Waals surface area contributed by atoms with Crippen molar-refractivity contribution in [3.63, 3.8) is 0 Å². The average molecular weight is 325 g/mol. The molecule has 0 saturated carbocycles. The summed E-state index contributed by atoms with van der Waals surface area (Å²) in [7, 11) is -13.4. The van der Waals surface area contributed by atoms with Gasteiger partial charge in [-0.3, -0.25) is 25.3 Å². The number of hydrogen-bond donors (Lipinski definition) is 0. The van der Waals surface area contributed by atoms with Crippen molar-refractivity contribution < 1.29 is 25.3 Å². The van der Waals surface area contributed by atoms with Crippen LogP contribution in [0.4, 0.5) is 0 Å². The van der Waals surface area contributed by atoms with Crippen molar-refractivity contribution >= 4 is 29.5 Å². The molecule has 6 nitrogen and oxygen atoms in total. The van der Waals surface area contributed by atoms with Gasteiger partial charge in [0.25, 0.3) is 0 Å². The minimum Gasteiger partial charge on any atom is -0.260 e. The molecule has 108 valence electrons. The van der Waals surface area contributed by atoms with Gasteiger partial charge in [-0.25, -0.2) is 0 Å². The number of aryl methyl sites for hydroxylation is 1. The molecule has 0 spiro atoms.